The van der Waals surface area contributed by atoms with Gasteiger partial charge in [-0.15, -0.1) is 0 Å². The minimum Gasteiger partial charge on any atom is -0.450 e. The second-order valence-electron chi connectivity index (χ2n) is 5.42. The molecule has 1 aliphatic rings. The van der Waals surface area contributed by atoms with Crippen LogP contribution in [0.15, 0.2) is 29.2 Å². The maximum absolute atomic E-state index is 12.9. The zero-order chi connectivity index (χ0) is 17.7. The van der Waals surface area contributed by atoms with Crippen molar-refractivity contribution in [1.29, 1.82) is 0 Å². The lowest BCUT2D eigenvalue weighted by molar-refractivity contribution is 0.146. The third kappa shape index (κ3) is 4.14. The van der Waals surface area contributed by atoms with Gasteiger partial charge in [0.15, 0.2) is 0 Å². The van der Waals surface area contributed by atoms with Gasteiger partial charge < -0.3 is 15.0 Å². The van der Waals surface area contributed by atoms with Crippen LogP contribution in [0.3, 0.4) is 0 Å². The van der Waals surface area contributed by atoms with E-state index >= 15 is 0 Å². The van der Waals surface area contributed by atoms with Crippen LogP contribution in [-0.4, -0.2) is 46.0 Å². The smallest absolute Gasteiger partial charge is 0.407 e. The fourth-order valence-corrected chi connectivity index (χ4v) is 3.66. The van der Waals surface area contributed by atoms with Gasteiger partial charge in [0.2, 0.25) is 9.84 Å². The van der Waals surface area contributed by atoms with Gasteiger partial charge in [-0.1, -0.05) is 12.1 Å². The SMILES string of the molecule is CCOC(=O)NC1CCCN(c2ccccc2S(=O)(=O)C(F)F)C1. The Balaban J connectivity index is 2.21. The van der Waals surface area contributed by atoms with Crippen molar-refractivity contribution in [1.82, 2.24) is 5.32 Å². The van der Waals surface area contributed by atoms with Gasteiger partial charge in [-0.2, -0.15) is 8.78 Å². The highest BCUT2D eigenvalue weighted by atomic mass is 32.2. The van der Waals surface area contributed by atoms with E-state index in [-0.39, 0.29) is 18.3 Å². The Morgan fingerprint density at radius 3 is 2.79 bits per heavy atom. The van der Waals surface area contributed by atoms with Crippen molar-refractivity contribution in [2.24, 2.45) is 0 Å². The lowest BCUT2D eigenvalue weighted by Crippen LogP contribution is -2.48. The number of amides is 1. The summed E-state index contributed by atoms with van der Waals surface area (Å²) in [4.78, 5) is 12.8. The van der Waals surface area contributed by atoms with Crippen LogP contribution >= 0.6 is 0 Å². The molecule has 0 radical (unpaired) electrons. The Hall–Kier alpha value is -1.90. The first-order chi connectivity index (χ1) is 11.4. The normalized spacial score (nSPS) is 18.5. The molecule has 134 valence electrons. The molecule has 1 fully saturated rings. The van der Waals surface area contributed by atoms with Crippen molar-refractivity contribution in [2.45, 2.75) is 36.5 Å². The molecule has 9 heteroatoms. The number of nitrogens with zero attached hydrogens (tertiary/aromatic N) is 1. The highest BCUT2D eigenvalue weighted by Crippen LogP contribution is 2.30. The first kappa shape index (κ1) is 18.4. The second-order valence-corrected chi connectivity index (χ2v) is 7.31. The molecule has 1 amide bonds. The van der Waals surface area contributed by atoms with Gasteiger partial charge in [0.25, 0.3) is 0 Å². The van der Waals surface area contributed by atoms with Crippen molar-refractivity contribution in [3.8, 4) is 0 Å². The summed E-state index contributed by atoms with van der Waals surface area (Å²) in [5.41, 5.74) is 0.230. The summed E-state index contributed by atoms with van der Waals surface area (Å²) in [5.74, 6) is -3.48. The molecule has 1 aromatic rings. The number of piperidine rings is 1. The summed E-state index contributed by atoms with van der Waals surface area (Å²) in [6.45, 7) is 2.79. The quantitative estimate of drug-likeness (QED) is 0.870. The number of ether oxygens (including phenoxy) is 1. The van der Waals surface area contributed by atoms with E-state index in [1.54, 1.807) is 17.9 Å². The van der Waals surface area contributed by atoms with Crippen LogP contribution in [0.1, 0.15) is 19.8 Å². The van der Waals surface area contributed by atoms with E-state index < -0.39 is 26.6 Å². The van der Waals surface area contributed by atoms with E-state index in [0.717, 1.165) is 0 Å². The molecule has 1 heterocycles. The van der Waals surface area contributed by atoms with Gasteiger partial charge in [-0.3, -0.25) is 0 Å². The molecule has 0 saturated carbocycles. The third-order valence-electron chi connectivity index (χ3n) is 3.77. The first-order valence-corrected chi connectivity index (χ1v) is 9.20. The predicted octanol–water partition coefficient (Wildman–Crippen LogP) is 2.40. The summed E-state index contributed by atoms with van der Waals surface area (Å²) in [6, 6.07) is 5.46. The minimum absolute atomic E-state index is 0.230. The van der Waals surface area contributed by atoms with E-state index in [1.807, 2.05) is 0 Å². The summed E-state index contributed by atoms with van der Waals surface area (Å²) >= 11 is 0. The van der Waals surface area contributed by atoms with Crippen molar-refractivity contribution in [3.05, 3.63) is 24.3 Å². The van der Waals surface area contributed by atoms with E-state index in [9.17, 15) is 22.0 Å². The molecule has 6 nitrogen and oxygen atoms in total. The molecule has 0 bridgehead atoms. The minimum atomic E-state index is -4.69. The molecule has 0 aliphatic carbocycles. The Kier molecular flexibility index (Phi) is 5.98. The third-order valence-corrected chi connectivity index (χ3v) is 5.19. The molecule has 0 spiro atoms. The van der Waals surface area contributed by atoms with Crippen LogP contribution in [0, 0.1) is 0 Å². The average molecular weight is 362 g/mol. The number of sulfone groups is 1. The van der Waals surface area contributed by atoms with Crippen LogP contribution in [0.2, 0.25) is 0 Å². The number of alkyl halides is 2. The van der Waals surface area contributed by atoms with Crippen LogP contribution in [0.4, 0.5) is 19.3 Å². The number of alkyl carbamates (subject to hydrolysis) is 1. The number of halogens is 2. The maximum atomic E-state index is 12.9. The Labute approximate surface area is 139 Å². The van der Waals surface area contributed by atoms with Gasteiger partial charge in [0.1, 0.15) is 0 Å². The maximum Gasteiger partial charge on any atom is 0.407 e. The number of carbonyl (C=O) groups excluding carboxylic acids is 1. The van der Waals surface area contributed by atoms with Crippen molar-refractivity contribution < 1.29 is 26.7 Å². The van der Waals surface area contributed by atoms with Crippen molar-refractivity contribution in [3.63, 3.8) is 0 Å². The lowest BCUT2D eigenvalue weighted by Gasteiger charge is -2.35. The Bertz CT molecular complexity index is 682. The lowest BCUT2D eigenvalue weighted by atomic mass is 10.1. The molecule has 1 atom stereocenters. The summed E-state index contributed by atoms with van der Waals surface area (Å²) in [7, 11) is -4.69. The van der Waals surface area contributed by atoms with Crippen LogP contribution < -0.4 is 10.2 Å². The highest BCUT2D eigenvalue weighted by Gasteiger charge is 2.32. The molecule has 1 saturated heterocycles. The monoisotopic (exact) mass is 362 g/mol. The van der Waals surface area contributed by atoms with Crippen molar-refractivity contribution >= 4 is 21.6 Å². The molecule has 1 aliphatic heterocycles. The van der Waals surface area contributed by atoms with Gasteiger partial charge >= 0.3 is 11.9 Å². The predicted molar refractivity (Wildman–Crippen MR) is 85.0 cm³/mol. The zero-order valence-corrected chi connectivity index (χ0v) is 14.1. The fraction of sp³-hybridized carbons (Fsp3) is 0.533. The number of anilines is 1. The van der Waals surface area contributed by atoms with E-state index in [4.69, 9.17) is 4.74 Å². The fourth-order valence-electron chi connectivity index (χ4n) is 2.71. The van der Waals surface area contributed by atoms with E-state index in [2.05, 4.69) is 5.32 Å². The molecule has 2 rings (SSSR count). The van der Waals surface area contributed by atoms with Gasteiger partial charge in [-0.05, 0) is 31.9 Å². The standard InChI is InChI=1S/C15H20F2N2O4S/c1-2-23-15(20)18-11-6-5-9-19(10-11)12-7-3-4-8-13(12)24(21,22)14(16)17/h3-4,7-8,11,14H,2,5-6,9-10H2,1H3,(H,18,20). The number of nitrogens with one attached hydrogen (secondary N) is 1. The van der Waals surface area contributed by atoms with Crippen LogP contribution in [0.5, 0.6) is 0 Å². The molecule has 24 heavy (non-hydrogen) atoms. The molecular weight excluding hydrogens is 342 g/mol. The number of rotatable bonds is 5. The van der Waals surface area contributed by atoms with Crippen LogP contribution in [-0.2, 0) is 14.6 Å². The number of hydrogen-bond donors (Lipinski definition) is 1. The number of hydrogen-bond acceptors (Lipinski definition) is 5. The number of para-hydroxylation sites is 1. The van der Waals surface area contributed by atoms with Gasteiger partial charge in [0, 0.05) is 19.1 Å². The van der Waals surface area contributed by atoms with E-state index in [1.165, 1.54) is 18.2 Å². The van der Waals surface area contributed by atoms with Gasteiger partial charge in [0.05, 0.1) is 17.2 Å². The zero-order valence-electron chi connectivity index (χ0n) is 13.2. The molecule has 1 aromatic carbocycles. The molecular formula is C15H20F2N2O4S. The average Bonchev–Trinajstić information content (AvgIpc) is 2.55. The summed E-state index contributed by atoms with van der Waals surface area (Å²) in [5, 5.41) is 2.70. The van der Waals surface area contributed by atoms with E-state index in [0.29, 0.717) is 25.9 Å². The largest absolute Gasteiger partial charge is 0.450 e. The second kappa shape index (κ2) is 7.78. The molecule has 1 unspecified atom stereocenters. The van der Waals surface area contributed by atoms with Crippen LogP contribution in [0.25, 0.3) is 0 Å². The Morgan fingerprint density at radius 1 is 1.42 bits per heavy atom. The Morgan fingerprint density at radius 2 is 2.12 bits per heavy atom. The number of benzene rings is 1. The van der Waals surface area contributed by atoms with Gasteiger partial charge in [-0.25, -0.2) is 13.2 Å². The topological polar surface area (TPSA) is 75.7 Å². The summed E-state index contributed by atoms with van der Waals surface area (Å²) < 4.78 is 54.4. The number of carbonyl (C=O) groups is 1. The van der Waals surface area contributed by atoms with Crippen molar-refractivity contribution in [2.75, 3.05) is 24.6 Å². The molecule has 0 aromatic heterocycles. The summed E-state index contributed by atoms with van der Waals surface area (Å²) in [6.07, 6.45) is 0.858. The molecule has 1 N–H and O–H groups in total. The first-order valence-electron chi connectivity index (χ1n) is 7.65. The highest BCUT2D eigenvalue weighted by molar-refractivity contribution is 7.91.